The van der Waals surface area contributed by atoms with Crippen molar-refractivity contribution in [3.8, 4) is 0 Å². The maximum Gasteiger partial charge on any atom is 0.416 e. The number of anilines is 1. The maximum atomic E-state index is 12.9. The van der Waals surface area contributed by atoms with Crippen LogP contribution in [0.4, 0.5) is 18.9 Å². The lowest BCUT2D eigenvalue weighted by Crippen LogP contribution is -2.49. The summed E-state index contributed by atoms with van der Waals surface area (Å²) in [6.07, 6.45) is -4.49. The van der Waals surface area contributed by atoms with Crippen molar-refractivity contribution < 1.29 is 27.5 Å². The average molecular weight is 398 g/mol. The highest BCUT2D eigenvalue weighted by molar-refractivity contribution is 6.33. The van der Waals surface area contributed by atoms with E-state index >= 15 is 0 Å². The number of fused-ring (bicyclic) bond motifs is 1. The second kappa shape index (κ2) is 6.56. The molecule has 0 radical (unpaired) electrons. The van der Waals surface area contributed by atoms with Crippen molar-refractivity contribution in [3.05, 3.63) is 63.7 Å². The summed E-state index contributed by atoms with van der Waals surface area (Å²) in [7, 11) is 0. The van der Waals surface area contributed by atoms with Crippen LogP contribution in [0.1, 0.15) is 34.0 Å². The zero-order valence-corrected chi connectivity index (χ0v) is 15.2. The summed E-state index contributed by atoms with van der Waals surface area (Å²) in [6.45, 7) is 3.26. The highest BCUT2D eigenvalue weighted by Crippen LogP contribution is 2.35. The molecular formula is C19H15ClF3NO3. The first-order valence-electron chi connectivity index (χ1n) is 8.01. The fourth-order valence-electron chi connectivity index (χ4n) is 2.91. The van der Waals surface area contributed by atoms with Gasteiger partial charge in [-0.15, -0.1) is 0 Å². The standard InChI is InChI=1S/C19H15ClF3NO3/c1-10-3-5-13-11(7-10)9-18(2,27-16(13)25)17(26)24-15-8-12(19(21,22)23)4-6-14(15)20/h3-8H,9H2,1-2H3,(H,24,26). The quantitative estimate of drug-likeness (QED) is 0.742. The normalized spacial score (nSPS) is 19.3. The van der Waals surface area contributed by atoms with Crippen LogP contribution >= 0.6 is 11.6 Å². The van der Waals surface area contributed by atoms with Crippen molar-refractivity contribution in [1.29, 1.82) is 0 Å². The molecule has 2 aromatic carbocycles. The van der Waals surface area contributed by atoms with E-state index in [4.69, 9.17) is 16.3 Å². The first-order chi connectivity index (χ1) is 12.5. The summed E-state index contributed by atoms with van der Waals surface area (Å²) < 4.78 is 44.0. The van der Waals surface area contributed by atoms with Gasteiger partial charge in [-0.2, -0.15) is 13.2 Å². The molecule has 1 amide bonds. The van der Waals surface area contributed by atoms with Gasteiger partial charge in [0.05, 0.1) is 21.8 Å². The molecule has 4 nitrogen and oxygen atoms in total. The van der Waals surface area contributed by atoms with E-state index in [9.17, 15) is 22.8 Å². The second-order valence-electron chi connectivity index (χ2n) is 6.60. The summed E-state index contributed by atoms with van der Waals surface area (Å²) in [5, 5.41) is 2.29. The Balaban J connectivity index is 1.90. The van der Waals surface area contributed by atoms with Crippen LogP contribution < -0.4 is 5.32 Å². The molecule has 0 saturated carbocycles. The summed E-state index contributed by atoms with van der Waals surface area (Å²) >= 11 is 5.92. The van der Waals surface area contributed by atoms with Gasteiger partial charge in [0, 0.05) is 6.42 Å². The number of benzene rings is 2. The van der Waals surface area contributed by atoms with Crippen molar-refractivity contribution in [2.75, 3.05) is 5.32 Å². The Morgan fingerprint density at radius 2 is 1.93 bits per heavy atom. The molecule has 1 unspecified atom stereocenters. The van der Waals surface area contributed by atoms with Gasteiger partial charge in [0.2, 0.25) is 0 Å². The van der Waals surface area contributed by atoms with Gasteiger partial charge in [0.1, 0.15) is 0 Å². The SMILES string of the molecule is Cc1ccc2c(c1)CC(C)(C(=O)Nc1cc(C(F)(F)F)ccc1Cl)OC2=O. The van der Waals surface area contributed by atoms with E-state index in [1.165, 1.54) is 6.92 Å². The molecule has 0 aliphatic carbocycles. The molecule has 142 valence electrons. The molecule has 8 heteroatoms. The molecule has 0 fully saturated rings. The highest BCUT2D eigenvalue weighted by Gasteiger charge is 2.43. The number of amides is 1. The molecule has 3 rings (SSSR count). The van der Waals surface area contributed by atoms with Crippen LogP contribution in [0.3, 0.4) is 0 Å². The summed E-state index contributed by atoms with van der Waals surface area (Å²) in [6, 6.07) is 7.76. The molecule has 0 saturated heterocycles. The summed E-state index contributed by atoms with van der Waals surface area (Å²) in [4.78, 5) is 25.0. The van der Waals surface area contributed by atoms with Crippen LogP contribution in [-0.4, -0.2) is 17.5 Å². The number of carbonyl (C=O) groups excluding carboxylic acids is 2. The number of hydrogen-bond acceptors (Lipinski definition) is 3. The Morgan fingerprint density at radius 1 is 1.22 bits per heavy atom. The average Bonchev–Trinajstić information content (AvgIpc) is 2.55. The van der Waals surface area contributed by atoms with E-state index in [-0.39, 0.29) is 17.1 Å². The van der Waals surface area contributed by atoms with Crippen LogP contribution in [-0.2, 0) is 22.1 Å². The third kappa shape index (κ3) is 3.78. The number of cyclic esters (lactones) is 1. The number of esters is 1. The lowest BCUT2D eigenvalue weighted by Gasteiger charge is -2.33. The van der Waals surface area contributed by atoms with Crippen LogP contribution in [0, 0.1) is 6.92 Å². The molecule has 1 aliphatic heterocycles. The number of nitrogens with one attached hydrogen (secondary N) is 1. The zero-order chi connectivity index (χ0) is 20.0. The van der Waals surface area contributed by atoms with Gasteiger partial charge in [0.15, 0.2) is 5.60 Å². The smallest absolute Gasteiger partial charge is 0.416 e. The predicted molar refractivity (Wildman–Crippen MR) is 93.8 cm³/mol. The van der Waals surface area contributed by atoms with Crippen LogP contribution in [0.25, 0.3) is 0 Å². The van der Waals surface area contributed by atoms with Crippen molar-refractivity contribution in [3.63, 3.8) is 0 Å². The molecular weight excluding hydrogens is 383 g/mol. The van der Waals surface area contributed by atoms with E-state index < -0.39 is 29.2 Å². The van der Waals surface area contributed by atoms with Crippen molar-refractivity contribution >= 4 is 29.2 Å². The number of hydrogen-bond donors (Lipinski definition) is 1. The summed E-state index contributed by atoms with van der Waals surface area (Å²) in [5.41, 5.74) is -0.818. The van der Waals surface area contributed by atoms with Crippen LogP contribution in [0.15, 0.2) is 36.4 Å². The molecule has 1 heterocycles. The van der Waals surface area contributed by atoms with E-state index in [1.807, 2.05) is 6.92 Å². The number of ether oxygens (including phenoxy) is 1. The molecule has 2 aromatic rings. The monoisotopic (exact) mass is 397 g/mol. The van der Waals surface area contributed by atoms with E-state index in [2.05, 4.69) is 5.32 Å². The fourth-order valence-corrected chi connectivity index (χ4v) is 3.07. The lowest BCUT2D eigenvalue weighted by molar-refractivity contribution is -0.137. The van der Waals surface area contributed by atoms with Gasteiger partial charge in [-0.1, -0.05) is 29.3 Å². The largest absolute Gasteiger partial charge is 0.445 e. The first-order valence-corrected chi connectivity index (χ1v) is 8.38. The first kappa shape index (κ1) is 19.2. The minimum absolute atomic E-state index is 0.0571. The predicted octanol–water partition coefficient (Wildman–Crippen LogP) is 4.78. The molecule has 27 heavy (non-hydrogen) atoms. The molecule has 0 spiro atoms. The van der Waals surface area contributed by atoms with Crippen molar-refractivity contribution in [2.24, 2.45) is 0 Å². The van der Waals surface area contributed by atoms with Gasteiger partial charge in [-0.25, -0.2) is 4.79 Å². The topological polar surface area (TPSA) is 55.4 Å². The summed E-state index contributed by atoms with van der Waals surface area (Å²) in [5.74, 6) is -1.42. The number of rotatable bonds is 2. The molecule has 1 atom stereocenters. The minimum atomic E-state index is -4.58. The molecule has 1 aliphatic rings. The number of carbonyl (C=O) groups is 2. The number of aryl methyl sites for hydroxylation is 1. The molecule has 0 bridgehead atoms. The van der Waals surface area contributed by atoms with Gasteiger partial charge in [-0.3, -0.25) is 4.79 Å². The van der Waals surface area contributed by atoms with E-state index in [1.54, 1.807) is 18.2 Å². The Hall–Kier alpha value is -2.54. The Kier molecular flexibility index (Phi) is 4.67. The van der Waals surface area contributed by atoms with Gasteiger partial charge < -0.3 is 10.1 Å². The Morgan fingerprint density at radius 3 is 2.59 bits per heavy atom. The Labute approximate surface area is 158 Å². The maximum absolute atomic E-state index is 12.9. The van der Waals surface area contributed by atoms with Crippen LogP contribution in [0.2, 0.25) is 5.02 Å². The zero-order valence-electron chi connectivity index (χ0n) is 14.4. The fraction of sp³-hybridized carbons (Fsp3) is 0.263. The van der Waals surface area contributed by atoms with E-state index in [0.717, 1.165) is 23.8 Å². The molecule has 1 N–H and O–H groups in total. The molecule has 0 aromatic heterocycles. The van der Waals surface area contributed by atoms with Gasteiger partial charge in [0.25, 0.3) is 5.91 Å². The number of alkyl halides is 3. The highest BCUT2D eigenvalue weighted by atomic mass is 35.5. The van der Waals surface area contributed by atoms with Crippen molar-refractivity contribution in [1.82, 2.24) is 0 Å². The minimum Gasteiger partial charge on any atom is -0.445 e. The van der Waals surface area contributed by atoms with E-state index in [0.29, 0.717) is 11.1 Å². The van der Waals surface area contributed by atoms with Gasteiger partial charge in [-0.05, 0) is 43.7 Å². The Bertz CT molecular complexity index is 942. The van der Waals surface area contributed by atoms with Crippen LogP contribution in [0.5, 0.6) is 0 Å². The third-order valence-corrected chi connectivity index (χ3v) is 4.68. The second-order valence-corrected chi connectivity index (χ2v) is 7.01. The number of halogens is 4. The van der Waals surface area contributed by atoms with Gasteiger partial charge >= 0.3 is 12.1 Å². The third-order valence-electron chi connectivity index (χ3n) is 4.35. The van der Waals surface area contributed by atoms with Crippen molar-refractivity contribution in [2.45, 2.75) is 32.0 Å². The lowest BCUT2D eigenvalue weighted by atomic mass is 9.88.